The molecular formula is C38H48F2N6O8. The van der Waals surface area contributed by atoms with Gasteiger partial charge in [0.2, 0.25) is 5.91 Å². The molecule has 14 nitrogen and oxygen atoms in total. The summed E-state index contributed by atoms with van der Waals surface area (Å²) in [6.45, 7) is 6.56. The zero-order valence-corrected chi connectivity index (χ0v) is 30.8. The second kappa shape index (κ2) is 18.3. The molecule has 2 saturated heterocycles. The van der Waals surface area contributed by atoms with Gasteiger partial charge in [-0.2, -0.15) is 8.78 Å². The molecule has 2 fully saturated rings. The minimum absolute atomic E-state index is 0.0178. The van der Waals surface area contributed by atoms with Crippen molar-refractivity contribution in [2.45, 2.75) is 70.9 Å². The maximum absolute atomic E-state index is 13.3. The number of hydrogen-bond acceptors (Lipinski definition) is 10. The number of hydrogen-bond donors (Lipinski definition) is 3. The number of fused-ring (bicyclic) bond motifs is 1. The topological polar surface area (TPSA) is 163 Å². The van der Waals surface area contributed by atoms with E-state index in [-0.39, 0.29) is 24.9 Å². The lowest BCUT2D eigenvalue weighted by atomic mass is 10.1. The molecule has 2 aliphatic heterocycles. The van der Waals surface area contributed by atoms with Crippen LogP contribution >= 0.6 is 0 Å². The van der Waals surface area contributed by atoms with E-state index in [4.69, 9.17) is 9.47 Å². The van der Waals surface area contributed by atoms with Crippen molar-refractivity contribution in [3.05, 3.63) is 65.9 Å². The molecule has 0 spiro atoms. The van der Waals surface area contributed by atoms with Gasteiger partial charge in [0.25, 0.3) is 11.8 Å². The first-order valence-electron chi connectivity index (χ1n) is 18.1. The van der Waals surface area contributed by atoms with Gasteiger partial charge in [-0.15, -0.1) is 0 Å². The molecule has 54 heavy (non-hydrogen) atoms. The van der Waals surface area contributed by atoms with Crippen LogP contribution in [0.15, 0.2) is 54.7 Å². The highest BCUT2D eigenvalue weighted by Crippen LogP contribution is 2.24. The minimum Gasteiger partial charge on any atom is -0.494 e. The summed E-state index contributed by atoms with van der Waals surface area (Å²) in [4.78, 5) is 61.4. The van der Waals surface area contributed by atoms with Crippen molar-refractivity contribution in [1.82, 2.24) is 30.3 Å². The van der Waals surface area contributed by atoms with Crippen LogP contribution in [0.2, 0.25) is 0 Å². The van der Waals surface area contributed by atoms with E-state index in [0.29, 0.717) is 66.9 Å². The average Bonchev–Trinajstić information content (AvgIpc) is 3.64. The molecule has 3 heterocycles. The Bertz CT molecular complexity index is 1760. The summed E-state index contributed by atoms with van der Waals surface area (Å²) < 4.78 is 40.6. The van der Waals surface area contributed by atoms with Crippen molar-refractivity contribution in [3.8, 4) is 11.5 Å². The molecule has 0 bridgehead atoms. The number of aliphatic hydroxyl groups excluding tert-OH is 1. The summed E-state index contributed by atoms with van der Waals surface area (Å²) in [6.07, 6.45) is 1.44. The van der Waals surface area contributed by atoms with Gasteiger partial charge in [0, 0.05) is 57.4 Å². The van der Waals surface area contributed by atoms with Crippen molar-refractivity contribution in [2.75, 3.05) is 52.4 Å². The number of amides is 4. The molecule has 3 N–H and O–H groups in total. The quantitative estimate of drug-likeness (QED) is 0.208. The van der Waals surface area contributed by atoms with Gasteiger partial charge >= 0.3 is 12.7 Å². The van der Waals surface area contributed by atoms with Crippen molar-refractivity contribution < 1.29 is 47.3 Å². The van der Waals surface area contributed by atoms with Gasteiger partial charge in [-0.05, 0) is 82.0 Å². The largest absolute Gasteiger partial charge is 0.494 e. The Morgan fingerprint density at radius 1 is 0.963 bits per heavy atom. The Morgan fingerprint density at radius 3 is 2.39 bits per heavy atom. The van der Waals surface area contributed by atoms with Crippen LogP contribution in [0.25, 0.3) is 10.9 Å². The number of alkyl halides is 2. The number of pyridine rings is 1. The lowest BCUT2D eigenvalue weighted by Gasteiger charge is -2.35. The molecule has 1 unspecified atom stereocenters. The maximum atomic E-state index is 13.3. The monoisotopic (exact) mass is 754 g/mol. The zero-order chi connectivity index (χ0) is 38.8. The van der Waals surface area contributed by atoms with E-state index in [1.807, 2.05) is 20.8 Å². The third-order valence-electron chi connectivity index (χ3n) is 9.14. The van der Waals surface area contributed by atoms with Crippen molar-refractivity contribution >= 4 is 34.7 Å². The third kappa shape index (κ3) is 11.2. The van der Waals surface area contributed by atoms with E-state index in [2.05, 4.69) is 25.3 Å². The van der Waals surface area contributed by atoms with E-state index in [1.165, 1.54) is 35.4 Å². The van der Waals surface area contributed by atoms with Gasteiger partial charge < -0.3 is 39.8 Å². The molecule has 3 aromatic rings. The number of likely N-dealkylation sites (tertiary alicyclic amines) is 1. The molecule has 5 rings (SSSR count). The number of aliphatic hydroxyl groups is 1. The number of rotatable bonds is 14. The number of nitrogens with one attached hydrogen (secondary N) is 2. The molecule has 2 atom stereocenters. The molecule has 0 saturated carbocycles. The fourth-order valence-corrected chi connectivity index (χ4v) is 6.41. The number of halogens is 2. The van der Waals surface area contributed by atoms with Crippen LogP contribution in [0.1, 0.15) is 56.0 Å². The van der Waals surface area contributed by atoms with Crippen molar-refractivity contribution in [3.63, 3.8) is 0 Å². The van der Waals surface area contributed by atoms with Gasteiger partial charge in [0.15, 0.2) is 6.10 Å². The van der Waals surface area contributed by atoms with E-state index in [0.717, 1.165) is 26.1 Å². The first-order valence-corrected chi connectivity index (χ1v) is 18.1. The molecule has 0 radical (unpaired) electrons. The predicted molar refractivity (Wildman–Crippen MR) is 194 cm³/mol. The zero-order valence-electron chi connectivity index (χ0n) is 30.8. The number of nitrogens with zero attached hydrogens (tertiary/aromatic N) is 4. The second-order valence-electron chi connectivity index (χ2n) is 14.2. The molecule has 2 aromatic carbocycles. The summed E-state index contributed by atoms with van der Waals surface area (Å²) in [5.74, 6) is -1.06. The van der Waals surface area contributed by atoms with Gasteiger partial charge in [-0.3, -0.25) is 24.3 Å². The Hall–Kier alpha value is -5.09. The molecule has 1 aromatic heterocycles. The van der Waals surface area contributed by atoms with E-state index < -0.39 is 42.1 Å². The van der Waals surface area contributed by atoms with Crippen LogP contribution in [-0.4, -0.2) is 125 Å². The number of aromatic nitrogens is 1. The summed E-state index contributed by atoms with van der Waals surface area (Å²) in [6, 6.07) is 11.8. The summed E-state index contributed by atoms with van der Waals surface area (Å²) in [5, 5.41) is 16.7. The lowest BCUT2D eigenvalue weighted by molar-refractivity contribution is -0.138. The maximum Gasteiger partial charge on any atom is 0.410 e. The SMILES string of the molecule is CC(C)(C)OC(=O)N1CCN(CCCOc2ccc3nccc(C(=O)NCC(=O)N4CCC[C@H]4C(O)C(=O)NCc4ccc(OC(F)F)cc4)c3c2)CC1. The Balaban J connectivity index is 1.07. The number of piperazine rings is 1. The Morgan fingerprint density at radius 2 is 1.69 bits per heavy atom. The van der Waals surface area contributed by atoms with E-state index in [9.17, 15) is 33.1 Å². The molecule has 292 valence electrons. The minimum atomic E-state index is -2.95. The van der Waals surface area contributed by atoms with Crippen LogP contribution in [0, 0.1) is 0 Å². The smallest absolute Gasteiger partial charge is 0.410 e. The third-order valence-corrected chi connectivity index (χ3v) is 9.14. The van der Waals surface area contributed by atoms with Crippen LogP contribution in [0.4, 0.5) is 13.6 Å². The molecule has 4 amide bonds. The second-order valence-corrected chi connectivity index (χ2v) is 14.2. The summed E-state index contributed by atoms with van der Waals surface area (Å²) in [5.41, 5.74) is 0.966. The number of ether oxygens (including phenoxy) is 3. The van der Waals surface area contributed by atoms with Crippen LogP contribution in [0.3, 0.4) is 0 Å². The van der Waals surface area contributed by atoms with Gasteiger partial charge in [0.05, 0.1) is 30.3 Å². The fraction of sp³-hybridized carbons (Fsp3) is 0.500. The van der Waals surface area contributed by atoms with Crippen molar-refractivity contribution in [2.24, 2.45) is 0 Å². The van der Waals surface area contributed by atoms with Crippen molar-refractivity contribution in [1.29, 1.82) is 0 Å². The van der Waals surface area contributed by atoms with Crippen LogP contribution in [0.5, 0.6) is 11.5 Å². The molecule has 0 aliphatic carbocycles. The molecule has 2 aliphatic rings. The number of benzene rings is 2. The molecular weight excluding hydrogens is 706 g/mol. The number of carbonyl (C=O) groups is 4. The first kappa shape index (κ1) is 40.1. The fourth-order valence-electron chi connectivity index (χ4n) is 6.41. The predicted octanol–water partition coefficient (Wildman–Crippen LogP) is 3.56. The highest BCUT2D eigenvalue weighted by atomic mass is 19.3. The molecule has 16 heteroatoms. The average molecular weight is 755 g/mol. The lowest BCUT2D eigenvalue weighted by Crippen LogP contribution is -2.51. The summed E-state index contributed by atoms with van der Waals surface area (Å²) >= 11 is 0. The highest BCUT2D eigenvalue weighted by Gasteiger charge is 2.37. The standard InChI is InChI=1S/C38H48F2N6O8/c1-38(2,3)54-37(51)45-19-17-44(18-20-45)15-5-21-52-27-11-12-30-29(22-27)28(13-14-41-30)34(49)43-24-32(47)46-16-4-6-31(46)33(48)35(50)42-23-25-7-9-26(10-8-25)53-36(39)40/h7-14,22,31,33,36,48H,4-6,15-21,23-24H2,1-3H3,(H,42,50)(H,43,49)/t31-,33?/m0/s1. The first-order chi connectivity index (χ1) is 25.8. The van der Waals surface area contributed by atoms with E-state index in [1.54, 1.807) is 29.2 Å². The van der Waals surface area contributed by atoms with E-state index >= 15 is 0 Å². The van der Waals surface area contributed by atoms with Crippen LogP contribution < -0.4 is 20.1 Å². The Kier molecular flexibility index (Phi) is 13.6. The van der Waals surface area contributed by atoms with Crippen LogP contribution in [-0.2, 0) is 20.9 Å². The normalized spacial score (nSPS) is 17.0. The van der Waals surface area contributed by atoms with Gasteiger partial charge in [-0.25, -0.2) is 4.79 Å². The van der Waals surface area contributed by atoms with Gasteiger partial charge in [0.1, 0.15) is 17.1 Å². The Labute approximate surface area is 312 Å². The summed E-state index contributed by atoms with van der Waals surface area (Å²) in [7, 11) is 0. The van der Waals surface area contributed by atoms with Gasteiger partial charge in [-0.1, -0.05) is 12.1 Å². The highest BCUT2D eigenvalue weighted by molar-refractivity contribution is 6.07. The number of carbonyl (C=O) groups excluding carboxylic acids is 4.